The lowest BCUT2D eigenvalue weighted by molar-refractivity contribution is -0.109. The Morgan fingerprint density at radius 1 is 1.19 bits per heavy atom. The van der Waals surface area contributed by atoms with Crippen LogP contribution < -0.4 is 0 Å². The third kappa shape index (κ3) is 4.68. The van der Waals surface area contributed by atoms with Gasteiger partial charge >= 0.3 is 0 Å². The molecule has 0 aliphatic heterocycles. The fourth-order valence-electron chi connectivity index (χ4n) is 1.94. The van der Waals surface area contributed by atoms with E-state index in [4.69, 9.17) is 0 Å². The van der Waals surface area contributed by atoms with Crippen LogP contribution in [0, 0.1) is 0 Å². The van der Waals surface area contributed by atoms with Gasteiger partial charge in [-0.15, -0.1) is 11.3 Å². The van der Waals surface area contributed by atoms with Gasteiger partial charge in [-0.25, -0.2) is 0 Å². The maximum atomic E-state index is 10.8. The normalized spacial score (nSPS) is 13.9. The van der Waals surface area contributed by atoms with E-state index in [1.165, 1.54) is 30.0 Å². The second kappa shape index (κ2) is 7.75. The Labute approximate surface area is 132 Å². The number of aliphatic hydroxyl groups is 2. The van der Waals surface area contributed by atoms with Crippen LogP contribution in [-0.4, -0.2) is 27.2 Å². The topological polar surface area (TPSA) is 57.5 Å². The molecule has 0 aliphatic rings. The highest BCUT2D eigenvalue weighted by Crippen LogP contribution is 2.33. The summed E-state index contributed by atoms with van der Waals surface area (Å²) in [4.78, 5) is 12.7. The molecule has 112 valence electrons. The van der Waals surface area contributed by atoms with Crippen molar-refractivity contribution in [2.75, 3.05) is 5.75 Å². The molecule has 2 rings (SSSR count). The molecule has 5 heteroatoms. The molecule has 0 saturated carbocycles. The molecule has 21 heavy (non-hydrogen) atoms. The highest BCUT2D eigenvalue weighted by Gasteiger charge is 2.20. The van der Waals surface area contributed by atoms with Crippen molar-refractivity contribution in [1.82, 2.24) is 0 Å². The van der Waals surface area contributed by atoms with Gasteiger partial charge in [0.1, 0.15) is 6.10 Å². The van der Waals surface area contributed by atoms with Crippen molar-refractivity contribution in [2.24, 2.45) is 0 Å². The first-order valence-corrected chi connectivity index (χ1v) is 8.53. The lowest BCUT2D eigenvalue weighted by atomic mass is 10.1. The Hall–Kier alpha value is -1.14. The minimum Gasteiger partial charge on any atom is -0.390 e. The van der Waals surface area contributed by atoms with Gasteiger partial charge < -0.3 is 10.2 Å². The van der Waals surface area contributed by atoms with Gasteiger partial charge in [0.2, 0.25) is 0 Å². The fourth-order valence-corrected chi connectivity index (χ4v) is 3.64. The van der Waals surface area contributed by atoms with Crippen molar-refractivity contribution in [2.45, 2.75) is 25.6 Å². The van der Waals surface area contributed by atoms with Gasteiger partial charge in [0.25, 0.3) is 0 Å². The summed E-state index contributed by atoms with van der Waals surface area (Å²) in [7, 11) is 0. The predicted molar refractivity (Wildman–Crippen MR) is 88.5 cm³/mol. The zero-order chi connectivity index (χ0) is 15.2. The number of hydrogen-bond acceptors (Lipinski definition) is 5. The van der Waals surface area contributed by atoms with Crippen molar-refractivity contribution >= 4 is 28.2 Å². The molecule has 2 atom stereocenters. The minimum absolute atomic E-state index is 0.0270. The number of thiophene rings is 1. The van der Waals surface area contributed by atoms with Crippen LogP contribution in [0.1, 0.15) is 24.3 Å². The summed E-state index contributed by atoms with van der Waals surface area (Å²) in [6, 6.07) is 13.7. The molecule has 2 aromatic rings. The third-order valence-corrected chi connectivity index (χ3v) is 5.11. The summed E-state index contributed by atoms with van der Waals surface area (Å²) in [6.45, 7) is 1.50. The summed E-state index contributed by atoms with van der Waals surface area (Å²) in [5, 5.41) is 20.2. The van der Waals surface area contributed by atoms with Crippen LogP contribution in [0.25, 0.3) is 10.4 Å². The van der Waals surface area contributed by atoms with E-state index in [9.17, 15) is 15.0 Å². The molecule has 0 fully saturated rings. The second-order valence-corrected chi connectivity index (χ2v) is 7.10. The van der Waals surface area contributed by atoms with Crippen LogP contribution in [0.15, 0.2) is 42.5 Å². The summed E-state index contributed by atoms with van der Waals surface area (Å²) < 4.78 is 0. The van der Waals surface area contributed by atoms with E-state index in [0.29, 0.717) is 12.2 Å². The average molecular weight is 322 g/mol. The van der Waals surface area contributed by atoms with E-state index in [2.05, 4.69) is 0 Å². The Balaban J connectivity index is 1.98. The van der Waals surface area contributed by atoms with Gasteiger partial charge in [0, 0.05) is 22.4 Å². The van der Waals surface area contributed by atoms with E-state index in [0.717, 1.165) is 15.3 Å². The first-order valence-electron chi connectivity index (χ1n) is 6.72. The lowest BCUT2D eigenvalue weighted by Gasteiger charge is -2.15. The fraction of sp³-hybridized carbons (Fsp3) is 0.312. The van der Waals surface area contributed by atoms with Gasteiger partial charge in [-0.05, 0) is 24.1 Å². The van der Waals surface area contributed by atoms with Crippen LogP contribution in [0.4, 0.5) is 0 Å². The molecule has 1 heterocycles. The summed E-state index contributed by atoms with van der Waals surface area (Å²) >= 11 is 2.65. The van der Waals surface area contributed by atoms with Crippen LogP contribution in [0.2, 0.25) is 0 Å². The van der Waals surface area contributed by atoms with Gasteiger partial charge in [0.05, 0.1) is 6.10 Å². The van der Waals surface area contributed by atoms with Crippen molar-refractivity contribution in [3.05, 3.63) is 47.3 Å². The maximum absolute atomic E-state index is 10.8. The third-order valence-electron chi connectivity index (χ3n) is 3.06. The van der Waals surface area contributed by atoms with E-state index >= 15 is 0 Å². The standard InChI is InChI=1S/C16H18O3S2/c1-11(17)20-10-9-13(18)16(19)15-8-7-14(21-15)12-5-3-2-4-6-12/h2-8,13,16,18-19H,9-10H2,1H3. The SMILES string of the molecule is CC(=O)SCCC(O)C(O)c1ccc(-c2ccccc2)s1. The summed E-state index contributed by atoms with van der Waals surface area (Å²) in [5.74, 6) is 0.518. The zero-order valence-corrected chi connectivity index (χ0v) is 13.4. The van der Waals surface area contributed by atoms with Crippen LogP contribution >= 0.6 is 23.1 Å². The predicted octanol–water partition coefficient (Wildman–Crippen LogP) is 3.48. The molecule has 0 aliphatic carbocycles. The molecule has 0 spiro atoms. The molecular weight excluding hydrogens is 304 g/mol. The van der Waals surface area contributed by atoms with E-state index in [1.54, 1.807) is 0 Å². The van der Waals surface area contributed by atoms with Crippen LogP contribution in [-0.2, 0) is 4.79 Å². The number of hydrogen-bond donors (Lipinski definition) is 2. The first-order chi connectivity index (χ1) is 10.1. The molecular formula is C16H18O3S2. The summed E-state index contributed by atoms with van der Waals surface area (Å²) in [5.41, 5.74) is 1.10. The Bertz CT molecular complexity index is 580. The Kier molecular flexibility index (Phi) is 5.99. The van der Waals surface area contributed by atoms with E-state index in [1.807, 2.05) is 42.5 Å². The van der Waals surface area contributed by atoms with Crippen LogP contribution in [0.3, 0.4) is 0 Å². The number of carbonyl (C=O) groups is 1. The Morgan fingerprint density at radius 3 is 2.57 bits per heavy atom. The van der Waals surface area contributed by atoms with Gasteiger partial charge in [-0.2, -0.15) is 0 Å². The Morgan fingerprint density at radius 2 is 1.90 bits per heavy atom. The number of thioether (sulfide) groups is 1. The molecule has 0 saturated heterocycles. The highest BCUT2D eigenvalue weighted by atomic mass is 32.2. The zero-order valence-electron chi connectivity index (χ0n) is 11.7. The highest BCUT2D eigenvalue weighted by molar-refractivity contribution is 8.13. The first kappa shape index (κ1) is 16.2. The molecule has 2 N–H and O–H groups in total. The molecule has 1 aromatic heterocycles. The average Bonchev–Trinajstić information content (AvgIpc) is 2.96. The number of aliphatic hydroxyl groups excluding tert-OH is 2. The number of benzene rings is 1. The largest absolute Gasteiger partial charge is 0.390 e. The molecule has 0 bridgehead atoms. The van der Waals surface area contributed by atoms with Crippen LogP contribution in [0.5, 0.6) is 0 Å². The minimum atomic E-state index is -0.903. The van der Waals surface area contributed by atoms with Crippen molar-refractivity contribution in [1.29, 1.82) is 0 Å². The van der Waals surface area contributed by atoms with Gasteiger partial charge in [-0.1, -0.05) is 42.1 Å². The van der Waals surface area contributed by atoms with E-state index in [-0.39, 0.29) is 5.12 Å². The quantitative estimate of drug-likeness (QED) is 0.855. The van der Waals surface area contributed by atoms with Gasteiger partial charge in [0.15, 0.2) is 5.12 Å². The molecule has 3 nitrogen and oxygen atoms in total. The number of rotatable bonds is 6. The van der Waals surface area contributed by atoms with Crippen molar-refractivity contribution in [3.63, 3.8) is 0 Å². The monoisotopic (exact) mass is 322 g/mol. The maximum Gasteiger partial charge on any atom is 0.185 e. The molecule has 2 unspecified atom stereocenters. The molecule has 1 aromatic carbocycles. The van der Waals surface area contributed by atoms with Crippen molar-refractivity contribution < 1.29 is 15.0 Å². The smallest absolute Gasteiger partial charge is 0.185 e. The molecule has 0 radical (unpaired) electrons. The number of carbonyl (C=O) groups excluding carboxylic acids is 1. The van der Waals surface area contributed by atoms with Gasteiger partial charge in [-0.3, -0.25) is 4.79 Å². The van der Waals surface area contributed by atoms with Crippen molar-refractivity contribution in [3.8, 4) is 10.4 Å². The van der Waals surface area contributed by atoms with E-state index < -0.39 is 12.2 Å². The summed E-state index contributed by atoms with van der Waals surface area (Å²) in [6.07, 6.45) is -1.36. The lowest BCUT2D eigenvalue weighted by Crippen LogP contribution is -2.18. The molecule has 0 amide bonds. The second-order valence-electron chi connectivity index (χ2n) is 4.71.